The van der Waals surface area contributed by atoms with Crippen LogP contribution in [0.2, 0.25) is 0 Å². The average molecular weight is 309 g/mol. The number of hydrogen-bond donors (Lipinski definition) is 2. The molecule has 1 aromatic rings. The number of aliphatic hydroxyl groups is 2. The van der Waals surface area contributed by atoms with Gasteiger partial charge in [-0.25, -0.2) is 9.97 Å². The number of piperidine rings is 1. The van der Waals surface area contributed by atoms with Crippen LogP contribution in [0.15, 0.2) is 12.4 Å². The third-order valence-electron chi connectivity index (χ3n) is 4.98. The molecule has 0 radical (unpaired) electrons. The smallest absolute Gasteiger partial charge is 0.225 e. The van der Waals surface area contributed by atoms with Crippen LogP contribution in [-0.4, -0.2) is 65.8 Å². The third kappa shape index (κ3) is 2.64. The quantitative estimate of drug-likeness (QED) is 0.804. The SMILES string of the molecule is COc1cnc(N2CCC3(CC2)[C@@H](O)C[C@H]3OCCO)nc1. The minimum absolute atomic E-state index is 0.0223. The zero-order valence-corrected chi connectivity index (χ0v) is 12.8. The first-order valence-electron chi connectivity index (χ1n) is 7.71. The van der Waals surface area contributed by atoms with E-state index in [-0.39, 0.29) is 24.2 Å². The Balaban J connectivity index is 1.61. The molecule has 1 saturated heterocycles. The Morgan fingerprint density at radius 3 is 2.55 bits per heavy atom. The van der Waals surface area contributed by atoms with E-state index in [0.29, 0.717) is 24.7 Å². The lowest BCUT2D eigenvalue weighted by Crippen LogP contribution is -2.62. The van der Waals surface area contributed by atoms with Crippen LogP contribution < -0.4 is 9.64 Å². The van der Waals surface area contributed by atoms with Gasteiger partial charge < -0.3 is 24.6 Å². The fraction of sp³-hybridized carbons (Fsp3) is 0.733. The summed E-state index contributed by atoms with van der Waals surface area (Å²) in [5, 5.41) is 19.1. The molecule has 1 spiro atoms. The number of aliphatic hydroxyl groups excluding tert-OH is 2. The summed E-state index contributed by atoms with van der Waals surface area (Å²) in [6.45, 7) is 1.95. The molecule has 0 amide bonds. The summed E-state index contributed by atoms with van der Waals surface area (Å²) in [5.74, 6) is 1.33. The Hall–Kier alpha value is -1.44. The summed E-state index contributed by atoms with van der Waals surface area (Å²) < 4.78 is 10.8. The fourth-order valence-electron chi connectivity index (χ4n) is 3.51. The molecular weight excluding hydrogens is 286 g/mol. The van der Waals surface area contributed by atoms with E-state index in [1.165, 1.54) is 0 Å². The fourth-order valence-corrected chi connectivity index (χ4v) is 3.51. The van der Waals surface area contributed by atoms with Crippen molar-refractivity contribution in [2.45, 2.75) is 31.5 Å². The van der Waals surface area contributed by atoms with Gasteiger partial charge in [0, 0.05) is 24.9 Å². The second-order valence-corrected chi connectivity index (χ2v) is 5.98. The van der Waals surface area contributed by atoms with E-state index in [1.807, 2.05) is 0 Å². The third-order valence-corrected chi connectivity index (χ3v) is 4.98. The van der Waals surface area contributed by atoms with Crippen molar-refractivity contribution in [1.29, 1.82) is 0 Å². The molecule has 1 aliphatic carbocycles. The highest BCUT2D eigenvalue weighted by Gasteiger charge is 2.56. The highest BCUT2D eigenvalue weighted by atomic mass is 16.5. The summed E-state index contributed by atoms with van der Waals surface area (Å²) in [6, 6.07) is 0. The van der Waals surface area contributed by atoms with E-state index in [1.54, 1.807) is 19.5 Å². The Labute approximate surface area is 129 Å². The van der Waals surface area contributed by atoms with Gasteiger partial charge in [0.1, 0.15) is 0 Å². The number of nitrogens with zero attached hydrogens (tertiary/aromatic N) is 3. The van der Waals surface area contributed by atoms with Crippen LogP contribution in [0.25, 0.3) is 0 Å². The summed E-state index contributed by atoms with van der Waals surface area (Å²) in [5.41, 5.74) is -0.169. The summed E-state index contributed by atoms with van der Waals surface area (Å²) in [6.07, 6.45) is 5.43. The standard InChI is InChI=1S/C15H23N3O4/c1-21-11-9-16-14(17-10-11)18-4-2-15(3-5-18)12(20)8-13(15)22-7-6-19/h9-10,12-13,19-20H,2-8H2,1H3/t12-,13+/m0/s1. The largest absolute Gasteiger partial charge is 0.494 e. The minimum atomic E-state index is -0.310. The van der Waals surface area contributed by atoms with Crippen LogP contribution >= 0.6 is 0 Å². The number of ether oxygens (including phenoxy) is 2. The number of anilines is 1. The van der Waals surface area contributed by atoms with Gasteiger partial charge >= 0.3 is 0 Å². The molecule has 1 aliphatic heterocycles. The molecule has 7 nitrogen and oxygen atoms in total. The van der Waals surface area contributed by atoms with Gasteiger partial charge in [-0.2, -0.15) is 0 Å². The molecular formula is C15H23N3O4. The van der Waals surface area contributed by atoms with Gasteiger partial charge in [-0.3, -0.25) is 0 Å². The highest BCUT2D eigenvalue weighted by Crippen LogP contribution is 2.51. The number of rotatable bonds is 5. The van der Waals surface area contributed by atoms with Crippen molar-refractivity contribution >= 4 is 5.95 Å². The van der Waals surface area contributed by atoms with E-state index >= 15 is 0 Å². The zero-order valence-electron chi connectivity index (χ0n) is 12.8. The van der Waals surface area contributed by atoms with Crippen LogP contribution in [0, 0.1) is 5.41 Å². The van der Waals surface area contributed by atoms with Gasteiger partial charge in [0.25, 0.3) is 0 Å². The predicted molar refractivity (Wildman–Crippen MR) is 79.9 cm³/mol. The molecule has 2 heterocycles. The van der Waals surface area contributed by atoms with Crippen molar-refractivity contribution < 1.29 is 19.7 Å². The first-order valence-corrected chi connectivity index (χ1v) is 7.71. The minimum Gasteiger partial charge on any atom is -0.494 e. The number of aromatic nitrogens is 2. The monoisotopic (exact) mass is 309 g/mol. The second kappa shape index (κ2) is 6.36. The Bertz CT molecular complexity index is 488. The topological polar surface area (TPSA) is 87.9 Å². The maximum absolute atomic E-state index is 10.2. The molecule has 122 valence electrons. The molecule has 1 saturated carbocycles. The zero-order chi connectivity index (χ0) is 15.6. The maximum Gasteiger partial charge on any atom is 0.225 e. The van der Waals surface area contributed by atoms with E-state index in [4.69, 9.17) is 14.6 Å². The lowest BCUT2D eigenvalue weighted by atomic mass is 9.58. The Morgan fingerprint density at radius 2 is 2.00 bits per heavy atom. The number of methoxy groups -OCH3 is 1. The Kier molecular flexibility index (Phi) is 4.46. The molecule has 0 unspecified atom stereocenters. The molecule has 3 rings (SSSR count). The van der Waals surface area contributed by atoms with E-state index in [0.717, 1.165) is 25.9 Å². The van der Waals surface area contributed by atoms with Crippen LogP contribution in [0.5, 0.6) is 5.75 Å². The van der Waals surface area contributed by atoms with Gasteiger partial charge in [0.2, 0.25) is 5.95 Å². The van der Waals surface area contributed by atoms with E-state index in [9.17, 15) is 5.11 Å². The molecule has 2 aliphatic rings. The molecule has 2 fully saturated rings. The molecule has 22 heavy (non-hydrogen) atoms. The van der Waals surface area contributed by atoms with Crippen LogP contribution in [0.1, 0.15) is 19.3 Å². The number of hydrogen-bond acceptors (Lipinski definition) is 7. The van der Waals surface area contributed by atoms with Crippen molar-refractivity contribution in [1.82, 2.24) is 9.97 Å². The second-order valence-electron chi connectivity index (χ2n) is 5.98. The van der Waals surface area contributed by atoms with Gasteiger partial charge in [-0.05, 0) is 12.8 Å². The van der Waals surface area contributed by atoms with Crippen LogP contribution in [0.3, 0.4) is 0 Å². The molecule has 7 heteroatoms. The van der Waals surface area contributed by atoms with Crippen LogP contribution in [-0.2, 0) is 4.74 Å². The Morgan fingerprint density at radius 1 is 1.32 bits per heavy atom. The predicted octanol–water partition coefficient (Wildman–Crippen LogP) is 0.214. The molecule has 1 aromatic heterocycles. The van der Waals surface area contributed by atoms with E-state index in [2.05, 4.69) is 14.9 Å². The maximum atomic E-state index is 10.2. The average Bonchev–Trinajstić information content (AvgIpc) is 2.58. The van der Waals surface area contributed by atoms with Gasteiger partial charge in [0.05, 0.1) is 44.9 Å². The molecule has 0 bridgehead atoms. The lowest BCUT2D eigenvalue weighted by molar-refractivity contribution is -0.203. The van der Waals surface area contributed by atoms with Crippen molar-refractivity contribution in [2.75, 3.05) is 38.3 Å². The van der Waals surface area contributed by atoms with E-state index < -0.39 is 0 Å². The molecule has 2 atom stereocenters. The first kappa shape index (κ1) is 15.5. The highest BCUT2D eigenvalue weighted by molar-refractivity contribution is 5.33. The molecule has 0 aromatic carbocycles. The van der Waals surface area contributed by atoms with Crippen molar-refractivity contribution in [3.05, 3.63) is 12.4 Å². The first-order chi connectivity index (χ1) is 10.7. The molecule has 2 N–H and O–H groups in total. The summed E-state index contributed by atoms with van der Waals surface area (Å²) in [4.78, 5) is 10.8. The lowest BCUT2D eigenvalue weighted by Gasteiger charge is -2.56. The van der Waals surface area contributed by atoms with Crippen molar-refractivity contribution in [2.24, 2.45) is 5.41 Å². The summed E-state index contributed by atoms with van der Waals surface area (Å²) >= 11 is 0. The normalized spacial score (nSPS) is 26.8. The van der Waals surface area contributed by atoms with Crippen LogP contribution in [0.4, 0.5) is 5.95 Å². The van der Waals surface area contributed by atoms with Gasteiger partial charge in [0.15, 0.2) is 5.75 Å². The van der Waals surface area contributed by atoms with Gasteiger partial charge in [-0.15, -0.1) is 0 Å². The van der Waals surface area contributed by atoms with Crippen molar-refractivity contribution in [3.63, 3.8) is 0 Å². The summed E-state index contributed by atoms with van der Waals surface area (Å²) in [7, 11) is 1.59. The van der Waals surface area contributed by atoms with Gasteiger partial charge in [-0.1, -0.05) is 0 Å². The van der Waals surface area contributed by atoms with Crippen molar-refractivity contribution in [3.8, 4) is 5.75 Å².